The Morgan fingerprint density at radius 1 is 1.19 bits per heavy atom. The number of rotatable bonds is 5. The average molecular weight is 468 g/mol. The fraction of sp³-hybridized carbons (Fsp3) is 0.182. The van der Waals surface area contributed by atoms with Crippen molar-refractivity contribution in [2.24, 2.45) is 7.05 Å². The first-order valence-corrected chi connectivity index (χ1v) is 11.0. The Kier molecular flexibility index (Phi) is 6.08. The smallest absolute Gasteiger partial charge is 0.273 e. The van der Waals surface area contributed by atoms with E-state index in [4.69, 9.17) is 16.3 Å². The minimum absolute atomic E-state index is 0.0837. The molecule has 0 saturated carbocycles. The Balaban J connectivity index is 1.75. The van der Waals surface area contributed by atoms with Gasteiger partial charge in [0.2, 0.25) is 5.95 Å². The standard InChI is InChI=1S/C22H18ClN5O3S/c1-27-20(30)17(11-24)19(13-5-9-16(31-2)10-6-13)25-22(27)26-28-18(29)12-32-21(28)14-3-7-15(23)8-4-14/h3-10,21H,12H2,1-2H3,(H,25,26). The highest BCUT2D eigenvalue weighted by Gasteiger charge is 2.34. The number of hydrogen-bond donors (Lipinski definition) is 1. The van der Waals surface area contributed by atoms with Gasteiger partial charge < -0.3 is 4.74 Å². The van der Waals surface area contributed by atoms with Gasteiger partial charge in [-0.3, -0.25) is 19.6 Å². The number of halogens is 1. The molecule has 10 heteroatoms. The maximum absolute atomic E-state index is 12.9. The molecule has 0 bridgehead atoms. The third kappa shape index (κ3) is 4.02. The van der Waals surface area contributed by atoms with Gasteiger partial charge in [-0.15, -0.1) is 11.8 Å². The third-order valence-electron chi connectivity index (χ3n) is 5.01. The first-order chi connectivity index (χ1) is 15.4. The van der Waals surface area contributed by atoms with E-state index in [1.54, 1.807) is 43.5 Å². The molecule has 4 rings (SSSR count). The van der Waals surface area contributed by atoms with Gasteiger partial charge in [-0.25, -0.2) is 9.99 Å². The van der Waals surface area contributed by atoms with Crippen molar-refractivity contribution in [3.05, 3.63) is 75.0 Å². The molecule has 8 nitrogen and oxygen atoms in total. The molecule has 1 atom stereocenters. The van der Waals surface area contributed by atoms with Crippen LogP contribution in [0.3, 0.4) is 0 Å². The molecule has 1 aliphatic rings. The number of carbonyl (C=O) groups is 1. The van der Waals surface area contributed by atoms with Crippen molar-refractivity contribution in [2.45, 2.75) is 5.37 Å². The third-order valence-corrected chi connectivity index (χ3v) is 6.47. The van der Waals surface area contributed by atoms with Gasteiger partial charge >= 0.3 is 0 Å². The van der Waals surface area contributed by atoms with Gasteiger partial charge in [0.1, 0.15) is 22.8 Å². The van der Waals surface area contributed by atoms with Crippen LogP contribution >= 0.6 is 23.4 Å². The molecular formula is C22H18ClN5O3S. The van der Waals surface area contributed by atoms with Crippen LogP contribution in [0.5, 0.6) is 5.75 Å². The number of hydrogen-bond acceptors (Lipinski definition) is 7. The van der Waals surface area contributed by atoms with E-state index >= 15 is 0 Å². The molecule has 0 aliphatic carbocycles. The molecule has 1 amide bonds. The second kappa shape index (κ2) is 8.94. The highest BCUT2D eigenvalue weighted by Crippen LogP contribution is 2.38. The number of methoxy groups -OCH3 is 1. The Morgan fingerprint density at radius 2 is 1.88 bits per heavy atom. The van der Waals surface area contributed by atoms with Crippen LogP contribution in [0.25, 0.3) is 11.3 Å². The van der Waals surface area contributed by atoms with Crippen molar-refractivity contribution >= 4 is 35.2 Å². The van der Waals surface area contributed by atoms with Crippen LogP contribution in [0.4, 0.5) is 5.95 Å². The lowest BCUT2D eigenvalue weighted by Crippen LogP contribution is -2.37. The fourth-order valence-corrected chi connectivity index (χ4v) is 4.52. The summed E-state index contributed by atoms with van der Waals surface area (Å²) in [4.78, 5) is 30.0. The number of aromatic nitrogens is 2. The Morgan fingerprint density at radius 3 is 2.50 bits per heavy atom. The van der Waals surface area contributed by atoms with Crippen molar-refractivity contribution < 1.29 is 9.53 Å². The monoisotopic (exact) mass is 467 g/mol. The predicted octanol–water partition coefficient (Wildman–Crippen LogP) is 3.58. The summed E-state index contributed by atoms with van der Waals surface area (Å²) in [5.74, 6) is 0.907. The lowest BCUT2D eigenvalue weighted by molar-refractivity contribution is -0.126. The normalized spacial score (nSPS) is 15.5. The van der Waals surface area contributed by atoms with Crippen LogP contribution in [0.2, 0.25) is 5.02 Å². The molecule has 162 valence electrons. The minimum Gasteiger partial charge on any atom is -0.497 e. The van der Waals surface area contributed by atoms with Gasteiger partial charge in [-0.2, -0.15) is 5.26 Å². The number of amides is 1. The van der Waals surface area contributed by atoms with Crippen LogP contribution in [0.15, 0.2) is 53.3 Å². The first kappa shape index (κ1) is 21.7. The van der Waals surface area contributed by atoms with Crippen molar-refractivity contribution in [1.82, 2.24) is 14.6 Å². The summed E-state index contributed by atoms with van der Waals surface area (Å²) in [5, 5.41) is 11.3. The quantitative estimate of drug-likeness (QED) is 0.612. The summed E-state index contributed by atoms with van der Waals surface area (Å²) < 4.78 is 6.39. The van der Waals surface area contributed by atoms with E-state index in [-0.39, 0.29) is 34.2 Å². The zero-order valence-corrected chi connectivity index (χ0v) is 18.8. The molecule has 3 aromatic rings. The van der Waals surface area contributed by atoms with E-state index < -0.39 is 5.56 Å². The van der Waals surface area contributed by atoms with Gasteiger partial charge in [-0.1, -0.05) is 23.7 Å². The summed E-state index contributed by atoms with van der Waals surface area (Å²) >= 11 is 7.44. The van der Waals surface area contributed by atoms with Gasteiger partial charge in [0, 0.05) is 17.6 Å². The number of anilines is 1. The number of ether oxygens (including phenoxy) is 1. The number of thioether (sulfide) groups is 1. The van der Waals surface area contributed by atoms with Crippen molar-refractivity contribution in [3.63, 3.8) is 0 Å². The molecule has 2 heterocycles. The van der Waals surface area contributed by atoms with Crippen LogP contribution in [-0.2, 0) is 11.8 Å². The van der Waals surface area contributed by atoms with Crippen molar-refractivity contribution in [3.8, 4) is 23.1 Å². The molecule has 0 radical (unpaired) electrons. The molecule has 1 N–H and O–H groups in total. The van der Waals surface area contributed by atoms with Crippen LogP contribution in [0.1, 0.15) is 16.5 Å². The second-order valence-corrected chi connectivity index (χ2v) is 8.46. The molecule has 1 saturated heterocycles. The lowest BCUT2D eigenvalue weighted by atomic mass is 10.1. The average Bonchev–Trinajstić information content (AvgIpc) is 3.17. The predicted molar refractivity (Wildman–Crippen MR) is 123 cm³/mol. The number of benzene rings is 2. The zero-order valence-electron chi connectivity index (χ0n) is 17.2. The maximum atomic E-state index is 12.9. The van der Waals surface area contributed by atoms with E-state index in [9.17, 15) is 14.9 Å². The molecule has 1 fully saturated rings. The van der Waals surface area contributed by atoms with Gasteiger partial charge in [0.15, 0.2) is 0 Å². The second-order valence-electron chi connectivity index (χ2n) is 6.95. The molecule has 32 heavy (non-hydrogen) atoms. The largest absolute Gasteiger partial charge is 0.497 e. The highest BCUT2D eigenvalue weighted by molar-refractivity contribution is 8.00. The number of hydrazine groups is 1. The Bertz CT molecular complexity index is 1270. The number of nitriles is 1. The van der Waals surface area contributed by atoms with Gasteiger partial charge in [0.05, 0.1) is 18.6 Å². The summed E-state index contributed by atoms with van der Waals surface area (Å²) in [6, 6.07) is 16.1. The molecule has 1 unspecified atom stereocenters. The van der Waals surface area contributed by atoms with E-state index in [2.05, 4.69) is 10.4 Å². The van der Waals surface area contributed by atoms with Crippen LogP contribution in [-0.4, -0.2) is 33.3 Å². The molecule has 2 aromatic carbocycles. The summed E-state index contributed by atoms with van der Waals surface area (Å²) in [7, 11) is 3.05. The van der Waals surface area contributed by atoms with E-state index in [1.165, 1.54) is 28.4 Å². The summed E-state index contributed by atoms with van der Waals surface area (Å²) in [5.41, 5.74) is 4.08. The van der Waals surface area contributed by atoms with Gasteiger partial charge in [0.25, 0.3) is 11.5 Å². The van der Waals surface area contributed by atoms with E-state index in [0.717, 1.165) is 5.56 Å². The minimum atomic E-state index is -0.516. The van der Waals surface area contributed by atoms with E-state index in [1.807, 2.05) is 18.2 Å². The molecule has 1 aromatic heterocycles. The first-order valence-electron chi connectivity index (χ1n) is 9.54. The number of carbonyl (C=O) groups excluding carboxylic acids is 1. The topological polar surface area (TPSA) is 100 Å². The summed E-state index contributed by atoms with van der Waals surface area (Å²) in [6.45, 7) is 0. The fourth-order valence-electron chi connectivity index (χ4n) is 3.29. The zero-order chi connectivity index (χ0) is 22.8. The van der Waals surface area contributed by atoms with Crippen molar-refractivity contribution in [1.29, 1.82) is 5.26 Å². The van der Waals surface area contributed by atoms with Crippen molar-refractivity contribution in [2.75, 3.05) is 18.3 Å². The Labute approximate surface area is 193 Å². The lowest BCUT2D eigenvalue weighted by Gasteiger charge is -2.26. The van der Waals surface area contributed by atoms with E-state index in [0.29, 0.717) is 16.3 Å². The van der Waals surface area contributed by atoms with Gasteiger partial charge in [-0.05, 0) is 42.0 Å². The number of nitrogens with zero attached hydrogens (tertiary/aromatic N) is 4. The maximum Gasteiger partial charge on any atom is 0.273 e. The molecule has 0 spiro atoms. The van der Waals surface area contributed by atoms with Crippen LogP contribution < -0.4 is 15.7 Å². The van der Waals surface area contributed by atoms with Crippen LogP contribution in [0, 0.1) is 11.3 Å². The SMILES string of the molecule is COc1ccc(-c2nc(NN3C(=O)CSC3c3ccc(Cl)cc3)n(C)c(=O)c2C#N)cc1. The molecular weight excluding hydrogens is 450 g/mol. The highest BCUT2D eigenvalue weighted by atomic mass is 35.5. The molecule has 1 aliphatic heterocycles. The summed E-state index contributed by atoms with van der Waals surface area (Å²) in [6.07, 6.45) is 0. The Hall–Kier alpha value is -3.48. The number of nitrogens with one attached hydrogen (secondary N) is 1.